The lowest BCUT2D eigenvalue weighted by molar-refractivity contribution is 0.0914. The third-order valence-corrected chi connectivity index (χ3v) is 7.82. The first-order valence-electron chi connectivity index (χ1n) is 11.7. The molecule has 1 N–H and O–H groups in total. The Balaban J connectivity index is 1.34. The third-order valence-electron chi connectivity index (χ3n) is 7.82. The van der Waals surface area contributed by atoms with E-state index >= 15 is 0 Å². The Kier molecular flexibility index (Phi) is 5.43. The van der Waals surface area contributed by atoms with Crippen LogP contribution in [0, 0.1) is 5.92 Å². The Hall–Kier alpha value is -1.39. The molecule has 3 heterocycles. The fourth-order valence-electron chi connectivity index (χ4n) is 6.08. The van der Waals surface area contributed by atoms with E-state index in [9.17, 15) is 0 Å². The van der Waals surface area contributed by atoms with Gasteiger partial charge in [0.25, 0.3) is 0 Å². The maximum atomic E-state index is 5.11. The van der Waals surface area contributed by atoms with Crippen molar-refractivity contribution in [3.63, 3.8) is 0 Å². The first-order chi connectivity index (χ1) is 13.8. The predicted molar refractivity (Wildman–Crippen MR) is 116 cm³/mol. The Morgan fingerprint density at radius 3 is 2.54 bits per heavy atom. The number of aromatic nitrogens is 2. The molecular weight excluding hydrogens is 344 g/mol. The summed E-state index contributed by atoms with van der Waals surface area (Å²) in [5.41, 5.74) is 2.53. The number of imidazole rings is 1. The minimum Gasteiger partial charge on any atom is -0.324 e. The van der Waals surface area contributed by atoms with Gasteiger partial charge in [-0.05, 0) is 63.6 Å². The highest BCUT2D eigenvalue weighted by atomic mass is 15.2. The number of hydrogen-bond donors (Lipinski definition) is 1. The Bertz CT molecular complexity index is 777. The van der Waals surface area contributed by atoms with Crippen LogP contribution in [0.1, 0.15) is 76.1 Å². The molecule has 2 aromatic rings. The summed E-state index contributed by atoms with van der Waals surface area (Å²) >= 11 is 0. The van der Waals surface area contributed by atoms with Gasteiger partial charge in [0, 0.05) is 37.6 Å². The SMILES string of the molecule is C[C@H](C1CCCCC1)N1CCC(n2c(C3CCNC3)nc3ccccc32)CC1. The Morgan fingerprint density at radius 1 is 1.00 bits per heavy atom. The molecule has 0 amide bonds. The molecule has 5 rings (SSSR count). The van der Waals surface area contributed by atoms with Crippen molar-refractivity contribution >= 4 is 11.0 Å². The van der Waals surface area contributed by atoms with Crippen LogP contribution in [0.25, 0.3) is 11.0 Å². The number of nitrogens with zero attached hydrogens (tertiary/aromatic N) is 3. The van der Waals surface area contributed by atoms with Crippen LogP contribution in [0.2, 0.25) is 0 Å². The zero-order valence-electron chi connectivity index (χ0n) is 17.4. The molecule has 1 aromatic carbocycles. The average Bonchev–Trinajstić information content (AvgIpc) is 3.42. The number of nitrogens with one attached hydrogen (secondary N) is 1. The first-order valence-corrected chi connectivity index (χ1v) is 11.7. The zero-order valence-corrected chi connectivity index (χ0v) is 17.4. The lowest BCUT2D eigenvalue weighted by Gasteiger charge is -2.41. The van der Waals surface area contributed by atoms with Gasteiger partial charge in [0.15, 0.2) is 0 Å². The number of hydrogen-bond acceptors (Lipinski definition) is 3. The lowest BCUT2D eigenvalue weighted by atomic mass is 9.83. The molecule has 1 unspecified atom stereocenters. The summed E-state index contributed by atoms with van der Waals surface area (Å²) in [7, 11) is 0. The summed E-state index contributed by atoms with van der Waals surface area (Å²) in [6.07, 6.45) is 11.0. The van der Waals surface area contributed by atoms with Gasteiger partial charge in [-0.3, -0.25) is 0 Å². The Morgan fingerprint density at radius 2 is 1.79 bits per heavy atom. The largest absolute Gasteiger partial charge is 0.324 e. The number of benzene rings is 1. The molecule has 4 heteroatoms. The number of rotatable bonds is 4. The van der Waals surface area contributed by atoms with Gasteiger partial charge < -0.3 is 14.8 Å². The molecule has 0 bridgehead atoms. The highest BCUT2D eigenvalue weighted by Gasteiger charge is 2.32. The second-order valence-electron chi connectivity index (χ2n) is 9.42. The van der Waals surface area contributed by atoms with Crippen molar-refractivity contribution in [1.82, 2.24) is 19.8 Å². The predicted octanol–water partition coefficient (Wildman–Crippen LogP) is 4.72. The summed E-state index contributed by atoms with van der Waals surface area (Å²) in [4.78, 5) is 7.90. The topological polar surface area (TPSA) is 33.1 Å². The van der Waals surface area contributed by atoms with Crippen LogP contribution >= 0.6 is 0 Å². The molecular formula is C24H36N4. The molecule has 3 aliphatic rings. The van der Waals surface area contributed by atoms with Crippen molar-refractivity contribution in [3.05, 3.63) is 30.1 Å². The lowest BCUT2D eigenvalue weighted by Crippen LogP contribution is -2.44. The maximum absolute atomic E-state index is 5.11. The van der Waals surface area contributed by atoms with E-state index in [1.807, 2.05) is 0 Å². The van der Waals surface area contributed by atoms with Crippen molar-refractivity contribution in [2.45, 2.75) is 76.3 Å². The normalized spacial score (nSPS) is 26.8. The standard InChI is InChI=1S/C24H36N4/c1-18(19-7-3-2-4-8-19)27-15-12-21(13-16-27)28-23-10-6-5-9-22(23)26-24(28)20-11-14-25-17-20/h5-6,9-10,18-21,25H,2-4,7-8,11-17H2,1H3/t18-,20?/m1/s1. The molecule has 1 aliphatic carbocycles. The van der Waals surface area contributed by atoms with Crippen LogP contribution in [-0.4, -0.2) is 46.7 Å². The van der Waals surface area contributed by atoms with Crippen molar-refractivity contribution in [2.75, 3.05) is 26.2 Å². The van der Waals surface area contributed by atoms with Crippen LogP contribution in [0.3, 0.4) is 0 Å². The molecule has 152 valence electrons. The minimum absolute atomic E-state index is 0.576. The summed E-state index contributed by atoms with van der Waals surface area (Å²) < 4.78 is 2.63. The van der Waals surface area contributed by atoms with Crippen LogP contribution in [0.5, 0.6) is 0 Å². The van der Waals surface area contributed by atoms with E-state index in [2.05, 4.69) is 46.0 Å². The van der Waals surface area contributed by atoms with Crippen molar-refractivity contribution < 1.29 is 0 Å². The number of fused-ring (bicyclic) bond motifs is 1. The van der Waals surface area contributed by atoms with E-state index in [1.54, 1.807) is 0 Å². The van der Waals surface area contributed by atoms with Gasteiger partial charge in [-0.2, -0.15) is 0 Å². The summed E-state index contributed by atoms with van der Waals surface area (Å²) in [5, 5.41) is 3.54. The molecule has 3 fully saturated rings. The van der Waals surface area contributed by atoms with E-state index in [1.165, 1.54) is 81.3 Å². The molecule has 1 saturated carbocycles. The van der Waals surface area contributed by atoms with Gasteiger partial charge in [-0.25, -0.2) is 4.98 Å². The molecule has 2 atom stereocenters. The summed E-state index contributed by atoms with van der Waals surface area (Å²) in [6.45, 7) is 7.21. The number of piperidine rings is 1. The number of likely N-dealkylation sites (tertiary alicyclic amines) is 1. The Labute approximate surface area is 169 Å². The van der Waals surface area contributed by atoms with Crippen LogP contribution < -0.4 is 5.32 Å². The van der Waals surface area contributed by atoms with Crippen LogP contribution in [0.15, 0.2) is 24.3 Å². The van der Waals surface area contributed by atoms with Crippen molar-refractivity contribution in [2.24, 2.45) is 5.92 Å². The van der Waals surface area contributed by atoms with Gasteiger partial charge in [-0.1, -0.05) is 31.4 Å². The van der Waals surface area contributed by atoms with E-state index < -0.39 is 0 Å². The first kappa shape index (κ1) is 18.6. The molecule has 1 aromatic heterocycles. The monoisotopic (exact) mass is 380 g/mol. The highest BCUT2D eigenvalue weighted by molar-refractivity contribution is 5.76. The molecule has 28 heavy (non-hydrogen) atoms. The number of para-hydroxylation sites is 2. The molecule has 2 saturated heterocycles. The van der Waals surface area contributed by atoms with Gasteiger partial charge >= 0.3 is 0 Å². The average molecular weight is 381 g/mol. The van der Waals surface area contributed by atoms with Gasteiger partial charge in [-0.15, -0.1) is 0 Å². The van der Waals surface area contributed by atoms with E-state index in [-0.39, 0.29) is 0 Å². The van der Waals surface area contributed by atoms with E-state index in [4.69, 9.17) is 4.98 Å². The maximum Gasteiger partial charge on any atom is 0.114 e. The van der Waals surface area contributed by atoms with E-state index in [0.717, 1.165) is 25.0 Å². The third kappa shape index (κ3) is 3.50. The second kappa shape index (κ2) is 8.16. The van der Waals surface area contributed by atoms with Crippen LogP contribution in [0.4, 0.5) is 0 Å². The summed E-state index contributed by atoms with van der Waals surface area (Å²) in [6, 6.07) is 10.2. The van der Waals surface area contributed by atoms with Gasteiger partial charge in [0.1, 0.15) is 5.82 Å². The van der Waals surface area contributed by atoms with E-state index in [0.29, 0.717) is 12.0 Å². The van der Waals surface area contributed by atoms with Crippen LogP contribution in [-0.2, 0) is 0 Å². The van der Waals surface area contributed by atoms with Crippen molar-refractivity contribution in [3.8, 4) is 0 Å². The quantitative estimate of drug-likeness (QED) is 0.833. The fourth-order valence-corrected chi connectivity index (χ4v) is 6.08. The second-order valence-corrected chi connectivity index (χ2v) is 9.42. The highest BCUT2D eigenvalue weighted by Crippen LogP contribution is 2.36. The molecule has 4 nitrogen and oxygen atoms in total. The fraction of sp³-hybridized carbons (Fsp3) is 0.708. The van der Waals surface area contributed by atoms with Gasteiger partial charge in [0.05, 0.1) is 11.0 Å². The minimum atomic E-state index is 0.576. The molecule has 0 radical (unpaired) electrons. The van der Waals surface area contributed by atoms with Crippen molar-refractivity contribution in [1.29, 1.82) is 0 Å². The zero-order chi connectivity index (χ0) is 18.9. The molecule has 0 spiro atoms. The van der Waals surface area contributed by atoms with Gasteiger partial charge in [0.2, 0.25) is 0 Å². The summed E-state index contributed by atoms with van der Waals surface area (Å²) in [5.74, 6) is 2.84. The molecule has 2 aliphatic heterocycles. The smallest absolute Gasteiger partial charge is 0.114 e.